The van der Waals surface area contributed by atoms with Gasteiger partial charge in [0.2, 0.25) is 0 Å². The number of likely N-dealkylation sites (tertiary alicyclic amines) is 1. The monoisotopic (exact) mass is 460 g/mol. The molecule has 34 heavy (non-hydrogen) atoms. The molecular formula is C27H25FN2O4. The number of aliphatic hydroxyl groups excluding tert-OH is 1. The molecule has 2 aromatic carbocycles. The highest BCUT2D eigenvalue weighted by atomic mass is 19.1. The first-order valence-electron chi connectivity index (χ1n) is 11.0. The third-order valence-electron chi connectivity index (χ3n) is 5.51. The van der Waals surface area contributed by atoms with Crippen molar-refractivity contribution in [2.75, 3.05) is 6.61 Å². The fourth-order valence-corrected chi connectivity index (χ4v) is 3.85. The van der Waals surface area contributed by atoms with Gasteiger partial charge in [-0.15, -0.1) is 0 Å². The molecule has 1 fully saturated rings. The fraction of sp³-hybridized carbons (Fsp3) is 0.222. The van der Waals surface area contributed by atoms with Crippen LogP contribution in [0.25, 0.3) is 5.76 Å². The van der Waals surface area contributed by atoms with E-state index >= 15 is 0 Å². The Morgan fingerprint density at radius 1 is 1.09 bits per heavy atom. The number of aliphatic hydroxyl groups is 1. The zero-order valence-electron chi connectivity index (χ0n) is 18.9. The maximum Gasteiger partial charge on any atom is 0.295 e. The van der Waals surface area contributed by atoms with Gasteiger partial charge in [0.1, 0.15) is 17.3 Å². The van der Waals surface area contributed by atoms with Crippen LogP contribution >= 0.6 is 0 Å². The highest BCUT2D eigenvalue weighted by molar-refractivity contribution is 6.46. The Balaban J connectivity index is 1.75. The van der Waals surface area contributed by atoms with Gasteiger partial charge >= 0.3 is 0 Å². The Labute approximate surface area is 197 Å². The third-order valence-corrected chi connectivity index (χ3v) is 5.51. The molecule has 1 N–H and O–H groups in total. The van der Waals surface area contributed by atoms with Crippen molar-refractivity contribution in [3.05, 3.63) is 101 Å². The van der Waals surface area contributed by atoms with E-state index in [2.05, 4.69) is 4.98 Å². The predicted molar refractivity (Wildman–Crippen MR) is 125 cm³/mol. The number of hydrogen-bond donors (Lipinski definition) is 1. The van der Waals surface area contributed by atoms with E-state index in [1.54, 1.807) is 48.8 Å². The van der Waals surface area contributed by atoms with Crippen LogP contribution in [0.1, 0.15) is 36.6 Å². The van der Waals surface area contributed by atoms with Crippen LogP contribution in [0.5, 0.6) is 5.75 Å². The van der Waals surface area contributed by atoms with Crippen molar-refractivity contribution in [3.63, 3.8) is 0 Å². The number of hydrogen-bond acceptors (Lipinski definition) is 5. The number of rotatable bonds is 7. The number of ketones is 1. The molecule has 1 aliphatic heterocycles. The second-order valence-electron chi connectivity index (χ2n) is 8.57. The van der Waals surface area contributed by atoms with Crippen LogP contribution in [0, 0.1) is 11.7 Å². The van der Waals surface area contributed by atoms with Crippen molar-refractivity contribution < 1.29 is 23.8 Å². The summed E-state index contributed by atoms with van der Waals surface area (Å²) in [6.45, 7) is 4.74. The number of pyridine rings is 1. The standard InChI is InChI=1S/C27H25FN2O4/c1-17(2)16-34-22-11-7-20(8-12-22)25(31)23-24(19-5-9-21(28)10-6-19)30(27(33)26(23)32)15-18-4-3-13-29-14-18/h3-14,17,24,31H,15-16H2,1-2H3/b25-23+/t24-/m0/s1. The van der Waals surface area contributed by atoms with E-state index in [-0.39, 0.29) is 17.9 Å². The molecule has 6 nitrogen and oxygen atoms in total. The Morgan fingerprint density at radius 2 is 1.79 bits per heavy atom. The summed E-state index contributed by atoms with van der Waals surface area (Å²) in [6.07, 6.45) is 3.22. The molecule has 0 unspecified atom stereocenters. The number of Topliss-reactive ketones (excluding diaryl/α,β-unsaturated/α-hetero) is 1. The van der Waals surface area contributed by atoms with Crippen molar-refractivity contribution >= 4 is 17.4 Å². The van der Waals surface area contributed by atoms with Crippen molar-refractivity contribution in [2.24, 2.45) is 5.92 Å². The van der Waals surface area contributed by atoms with Gasteiger partial charge in [-0.25, -0.2) is 4.39 Å². The van der Waals surface area contributed by atoms with E-state index in [0.29, 0.717) is 29.4 Å². The lowest BCUT2D eigenvalue weighted by atomic mass is 9.95. The van der Waals surface area contributed by atoms with Crippen LogP contribution in [0.3, 0.4) is 0 Å². The molecule has 174 valence electrons. The first-order chi connectivity index (χ1) is 16.3. The molecule has 1 aliphatic rings. The summed E-state index contributed by atoms with van der Waals surface area (Å²) < 4.78 is 19.3. The van der Waals surface area contributed by atoms with E-state index in [9.17, 15) is 19.1 Å². The second-order valence-corrected chi connectivity index (χ2v) is 8.57. The Morgan fingerprint density at radius 3 is 2.41 bits per heavy atom. The lowest BCUT2D eigenvalue weighted by molar-refractivity contribution is -0.140. The normalized spacial score (nSPS) is 17.4. The van der Waals surface area contributed by atoms with Crippen molar-refractivity contribution in [1.82, 2.24) is 9.88 Å². The molecular weight excluding hydrogens is 435 g/mol. The SMILES string of the molecule is CC(C)COc1ccc(/C(O)=C2\C(=O)C(=O)N(Cc3cccnc3)[C@H]2c2ccc(F)cc2)cc1. The van der Waals surface area contributed by atoms with Gasteiger partial charge in [-0.1, -0.05) is 32.0 Å². The van der Waals surface area contributed by atoms with Gasteiger partial charge in [0.05, 0.1) is 18.2 Å². The minimum atomic E-state index is -0.877. The van der Waals surface area contributed by atoms with Gasteiger partial charge in [0.25, 0.3) is 11.7 Å². The summed E-state index contributed by atoms with van der Waals surface area (Å²) in [7, 11) is 0. The zero-order valence-corrected chi connectivity index (χ0v) is 18.9. The first-order valence-corrected chi connectivity index (χ1v) is 11.0. The lowest BCUT2D eigenvalue weighted by Gasteiger charge is -2.25. The lowest BCUT2D eigenvalue weighted by Crippen LogP contribution is -2.29. The number of halogens is 1. The minimum absolute atomic E-state index is 0.0450. The number of nitrogens with zero attached hydrogens (tertiary/aromatic N) is 2. The van der Waals surface area contributed by atoms with E-state index in [0.717, 1.165) is 5.56 Å². The number of carbonyl (C=O) groups excluding carboxylic acids is 2. The Kier molecular flexibility index (Phi) is 6.72. The second kappa shape index (κ2) is 9.87. The molecule has 0 bridgehead atoms. The van der Waals surface area contributed by atoms with Crippen LogP contribution in [0.15, 0.2) is 78.6 Å². The number of benzene rings is 2. The summed E-state index contributed by atoms with van der Waals surface area (Å²) in [6, 6.07) is 14.9. The zero-order chi connectivity index (χ0) is 24.2. The van der Waals surface area contributed by atoms with Crippen molar-refractivity contribution in [2.45, 2.75) is 26.4 Å². The fourth-order valence-electron chi connectivity index (χ4n) is 3.85. The summed E-state index contributed by atoms with van der Waals surface area (Å²) in [5.41, 5.74) is 1.57. The van der Waals surface area contributed by atoms with Crippen molar-refractivity contribution in [1.29, 1.82) is 0 Å². The molecule has 0 aliphatic carbocycles. The quantitative estimate of drug-likeness (QED) is 0.309. The van der Waals surface area contributed by atoms with Gasteiger partial charge in [0, 0.05) is 24.5 Å². The Bertz CT molecular complexity index is 1210. The number of ether oxygens (including phenoxy) is 1. The predicted octanol–water partition coefficient (Wildman–Crippen LogP) is 4.88. The smallest absolute Gasteiger partial charge is 0.295 e. The van der Waals surface area contributed by atoms with E-state index in [1.807, 2.05) is 13.8 Å². The maximum atomic E-state index is 13.6. The van der Waals surface area contributed by atoms with Crippen LogP contribution in [0.4, 0.5) is 4.39 Å². The summed E-state index contributed by atoms with van der Waals surface area (Å²) in [4.78, 5) is 31.6. The number of amides is 1. The molecule has 1 aromatic heterocycles. The van der Waals surface area contributed by atoms with E-state index in [1.165, 1.54) is 29.2 Å². The van der Waals surface area contributed by atoms with Gasteiger partial charge < -0.3 is 14.7 Å². The van der Waals surface area contributed by atoms with Crippen LogP contribution in [-0.2, 0) is 16.1 Å². The molecule has 0 spiro atoms. The highest BCUT2D eigenvalue weighted by Crippen LogP contribution is 2.40. The third kappa shape index (κ3) is 4.83. The summed E-state index contributed by atoms with van der Waals surface area (Å²) >= 11 is 0. The van der Waals surface area contributed by atoms with E-state index < -0.39 is 23.5 Å². The molecule has 1 atom stereocenters. The molecule has 3 aromatic rings. The van der Waals surface area contributed by atoms with Crippen molar-refractivity contribution in [3.8, 4) is 5.75 Å². The van der Waals surface area contributed by atoms with Gasteiger partial charge in [-0.3, -0.25) is 14.6 Å². The molecule has 0 saturated carbocycles. The molecule has 4 rings (SSSR count). The van der Waals surface area contributed by atoms with Gasteiger partial charge in [-0.2, -0.15) is 0 Å². The Hall–Kier alpha value is -4.00. The topological polar surface area (TPSA) is 79.7 Å². The van der Waals surface area contributed by atoms with Crippen LogP contribution in [0.2, 0.25) is 0 Å². The molecule has 2 heterocycles. The molecule has 1 saturated heterocycles. The molecule has 7 heteroatoms. The van der Waals surface area contributed by atoms with Gasteiger partial charge in [-0.05, 0) is 59.5 Å². The highest BCUT2D eigenvalue weighted by Gasteiger charge is 2.46. The summed E-state index contributed by atoms with van der Waals surface area (Å²) in [5.74, 6) is -1.27. The average molecular weight is 461 g/mol. The number of aromatic nitrogens is 1. The first kappa shape index (κ1) is 23.2. The van der Waals surface area contributed by atoms with Gasteiger partial charge in [0.15, 0.2) is 0 Å². The molecule has 0 radical (unpaired) electrons. The molecule has 1 amide bonds. The average Bonchev–Trinajstić information content (AvgIpc) is 3.08. The largest absolute Gasteiger partial charge is 0.507 e. The van der Waals surface area contributed by atoms with Crippen LogP contribution in [-0.4, -0.2) is 33.3 Å². The number of carbonyl (C=O) groups is 2. The maximum absolute atomic E-state index is 13.6. The van der Waals surface area contributed by atoms with E-state index in [4.69, 9.17) is 4.74 Å². The summed E-state index contributed by atoms with van der Waals surface area (Å²) in [5, 5.41) is 11.1. The van der Waals surface area contributed by atoms with Crippen LogP contribution < -0.4 is 4.74 Å². The minimum Gasteiger partial charge on any atom is -0.507 e.